The van der Waals surface area contributed by atoms with Crippen LogP contribution in [-0.4, -0.2) is 38.1 Å². The van der Waals surface area contributed by atoms with Gasteiger partial charge in [0.1, 0.15) is 0 Å². The highest BCUT2D eigenvalue weighted by Crippen LogP contribution is 2.32. The molecule has 2 N–H and O–H groups in total. The number of carbonyl (C=O) groups excluding carboxylic acids is 1. The lowest BCUT2D eigenvalue weighted by Crippen LogP contribution is -2.47. The third-order valence-electron chi connectivity index (χ3n) is 7.67. The van der Waals surface area contributed by atoms with Gasteiger partial charge in [-0.15, -0.1) is 0 Å². The van der Waals surface area contributed by atoms with E-state index in [0.29, 0.717) is 30.1 Å². The molecule has 1 amide bonds. The molecule has 1 aromatic heterocycles. The number of nitrogens with zero attached hydrogens (tertiary/aromatic N) is 4. The molecule has 1 atom stereocenters. The van der Waals surface area contributed by atoms with Gasteiger partial charge in [0.25, 0.3) is 0 Å². The zero-order chi connectivity index (χ0) is 33.3. The van der Waals surface area contributed by atoms with E-state index in [-0.39, 0.29) is 36.1 Å². The number of benzene rings is 3. The summed E-state index contributed by atoms with van der Waals surface area (Å²) in [7, 11) is 0. The van der Waals surface area contributed by atoms with Gasteiger partial charge in [0.05, 0.1) is 29.9 Å². The van der Waals surface area contributed by atoms with Crippen molar-refractivity contribution in [3.63, 3.8) is 0 Å². The summed E-state index contributed by atoms with van der Waals surface area (Å²) in [6.07, 6.45) is -0.652. The van der Waals surface area contributed by atoms with Crippen molar-refractivity contribution in [3.8, 4) is 6.07 Å². The number of aromatic nitrogens is 2. The fourth-order valence-corrected chi connectivity index (χ4v) is 5.28. The highest BCUT2D eigenvalue weighted by Gasteiger charge is 2.33. The number of amides is 1. The zero-order valence-corrected chi connectivity index (χ0v) is 26.8. The summed E-state index contributed by atoms with van der Waals surface area (Å²) in [5.41, 5.74) is 3.46. The minimum absolute atomic E-state index is 0.0641. The molecule has 0 saturated heterocycles. The molecule has 11 heteroatoms. The Morgan fingerprint density at radius 2 is 1.76 bits per heavy atom. The Labute approximate surface area is 273 Å². The van der Waals surface area contributed by atoms with Crippen LogP contribution >= 0.6 is 12.2 Å². The number of anilines is 1. The molecule has 46 heavy (non-hydrogen) atoms. The van der Waals surface area contributed by atoms with Crippen molar-refractivity contribution in [2.24, 2.45) is 0 Å². The monoisotopic (exact) mass is 646 g/mol. The molecule has 0 aliphatic heterocycles. The predicted molar refractivity (Wildman–Crippen MR) is 177 cm³/mol. The van der Waals surface area contributed by atoms with Crippen molar-refractivity contribution in [1.82, 2.24) is 19.8 Å². The quantitative estimate of drug-likeness (QED) is 0.157. The average Bonchev–Trinajstić information content (AvgIpc) is 3.46. The molecular weight excluding hydrogens is 609 g/mol. The summed E-state index contributed by atoms with van der Waals surface area (Å²) in [6, 6.07) is 22.1. The lowest BCUT2D eigenvalue weighted by Gasteiger charge is -2.31. The summed E-state index contributed by atoms with van der Waals surface area (Å²) in [5.74, 6) is 0.104. The van der Waals surface area contributed by atoms with Crippen molar-refractivity contribution in [3.05, 3.63) is 119 Å². The second kappa shape index (κ2) is 15.5. The van der Waals surface area contributed by atoms with E-state index in [1.54, 1.807) is 35.6 Å². The summed E-state index contributed by atoms with van der Waals surface area (Å²) in [6.45, 7) is 6.66. The molecule has 0 bridgehead atoms. The summed E-state index contributed by atoms with van der Waals surface area (Å²) < 4.78 is 43.5. The van der Waals surface area contributed by atoms with Crippen molar-refractivity contribution in [2.75, 3.05) is 11.9 Å². The van der Waals surface area contributed by atoms with E-state index < -0.39 is 17.8 Å². The van der Waals surface area contributed by atoms with Crippen LogP contribution in [-0.2, 0) is 30.5 Å². The van der Waals surface area contributed by atoms with Crippen molar-refractivity contribution in [2.45, 2.75) is 64.8 Å². The normalized spacial score (nSPS) is 12.0. The number of carbonyl (C=O) groups is 1. The molecule has 0 unspecified atom stereocenters. The van der Waals surface area contributed by atoms with Crippen LogP contribution in [0.3, 0.4) is 0 Å². The fourth-order valence-electron chi connectivity index (χ4n) is 5.02. The van der Waals surface area contributed by atoms with Crippen LogP contribution in [0.2, 0.25) is 0 Å². The van der Waals surface area contributed by atoms with Crippen molar-refractivity contribution in [1.29, 1.82) is 5.26 Å². The first kappa shape index (κ1) is 34.2. The summed E-state index contributed by atoms with van der Waals surface area (Å²) >= 11 is 5.74. The van der Waals surface area contributed by atoms with E-state index in [2.05, 4.69) is 35.5 Å². The minimum atomic E-state index is -4.52. The minimum Gasteiger partial charge on any atom is -0.351 e. The van der Waals surface area contributed by atoms with E-state index in [1.807, 2.05) is 47.9 Å². The first-order valence-corrected chi connectivity index (χ1v) is 15.5. The summed E-state index contributed by atoms with van der Waals surface area (Å²) in [5, 5.41) is 15.5. The second-order valence-corrected chi connectivity index (χ2v) is 11.8. The van der Waals surface area contributed by atoms with Crippen LogP contribution in [0.15, 0.2) is 85.3 Å². The molecule has 7 nitrogen and oxygen atoms in total. The average molecular weight is 647 g/mol. The molecule has 4 aromatic rings. The number of nitriles is 1. The lowest BCUT2D eigenvalue weighted by atomic mass is 10.0. The standard InChI is InChI=1S/C35H37F3N6OS/c1-4-29(41-33(45)17-31-19-40-23-44(31)20-26-11-9-25(18-39)10-12-26)22-43(21-28-7-5-6-8-32(28)35(36,37)38)34(46)42-30-15-13-27(14-16-30)24(2)3/h5-16,19,23-24,29H,4,17,20-22H2,1-3H3,(H,41,45)(H,42,46)/t29-/m0/s1. The molecule has 0 saturated carbocycles. The van der Waals surface area contributed by atoms with Gasteiger partial charge in [-0.1, -0.05) is 63.2 Å². The Morgan fingerprint density at radius 3 is 2.39 bits per heavy atom. The van der Waals surface area contributed by atoms with Crippen LogP contribution in [0, 0.1) is 11.3 Å². The molecule has 0 fully saturated rings. The van der Waals surface area contributed by atoms with Gasteiger partial charge in [-0.05, 0) is 71.6 Å². The number of imidazole rings is 1. The van der Waals surface area contributed by atoms with E-state index in [1.165, 1.54) is 12.1 Å². The van der Waals surface area contributed by atoms with Gasteiger partial charge in [0, 0.05) is 43.3 Å². The highest BCUT2D eigenvalue weighted by atomic mass is 32.1. The molecular formula is C35H37F3N6OS. The predicted octanol–water partition coefficient (Wildman–Crippen LogP) is 7.28. The maximum absolute atomic E-state index is 13.9. The third kappa shape index (κ3) is 9.41. The van der Waals surface area contributed by atoms with Crippen molar-refractivity contribution >= 4 is 28.9 Å². The van der Waals surface area contributed by atoms with E-state index >= 15 is 0 Å². The molecule has 3 aromatic carbocycles. The van der Waals surface area contributed by atoms with Crippen molar-refractivity contribution < 1.29 is 18.0 Å². The lowest BCUT2D eigenvalue weighted by molar-refractivity contribution is -0.138. The van der Waals surface area contributed by atoms with Crippen LogP contribution in [0.5, 0.6) is 0 Å². The van der Waals surface area contributed by atoms with Gasteiger partial charge in [-0.25, -0.2) is 4.98 Å². The number of rotatable bonds is 12. The van der Waals surface area contributed by atoms with Gasteiger partial charge in [0.15, 0.2) is 5.11 Å². The van der Waals surface area contributed by atoms with Gasteiger partial charge in [-0.2, -0.15) is 18.4 Å². The largest absolute Gasteiger partial charge is 0.416 e. The zero-order valence-electron chi connectivity index (χ0n) is 26.0. The SMILES string of the molecule is CC[C@@H](CN(Cc1ccccc1C(F)(F)F)C(=S)Nc1ccc(C(C)C)cc1)NC(=O)Cc1cncn1Cc1ccc(C#N)cc1. The van der Waals surface area contributed by atoms with Gasteiger partial charge in [-0.3, -0.25) is 4.79 Å². The maximum Gasteiger partial charge on any atom is 0.416 e. The molecule has 1 heterocycles. The van der Waals surface area contributed by atoms with Crippen LogP contribution in [0.25, 0.3) is 0 Å². The Morgan fingerprint density at radius 1 is 1.07 bits per heavy atom. The molecule has 0 radical (unpaired) electrons. The number of halogens is 3. The van der Waals surface area contributed by atoms with Gasteiger partial charge >= 0.3 is 6.18 Å². The molecule has 0 aliphatic carbocycles. The fraction of sp³-hybridized carbons (Fsp3) is 0.314. The molecule has 0 aliphatic rings. The topological polar surface area (TPSA) is 86.0 Å². The number of alkyl halides is 3. The highest BCUT2D eigenvalue weighted by molar-refractivity contribution is 7.80. The van der Waals surface area contributed by atoms with Gasteiger partial charge in [0.2, 0.25) is 5.91 Å². The van der Waals surface area contributed by atoms with E-state index in [0.717, 1.165) is 22.9 Å². The Bertz CT molecular complexity index is 1660. The number of thiocarbonyl (C=S) groups is 1. The Balaban J connectivity index is 1.49. The second-order valence-electron chi connectivity index (χ2n) is 11.4. The molecule has 0 spiro atoms. The third-order valence-corrected chi connectivity index (χ3v) is 8.03. The number of hydrogen-bond acceptors (Lipinski definition) is 4. The summed E-state index contributed by atoms with van der Waals surface area (Å²) in [4.78, 5) is 19.1. The Hall–Kier alpha value is -4.69. The Kier molecular flexibility index (Phi) is 11.6. The smallest absolute Gasteiger partial charge is 0.351 e. The molecule has 240 valence electrons. The van der Waals surface area contributed by atoms with Crippen LogP contribution in [0.1, 0.15) is 66.6 Å². The first-order chi connectivity index (χ1) is 22.0. The van der Waals surface area contributed by atoms with Gasteiger partial charge < -0.3 is 20.1 Å². The number of hydrogen-bond donors (Lipinski definition) is 2. The molecule has 4 rings (SSSR count). The van der Waals surface area contributed by atoms with E-state index in [9.17, 15) is 18.0 Å². The maximum atomic E-state index is 13.9. The van der Waals surface area contributed by atoms with E-state index in [4.69, 9.17) is 17.5 Å². The van der Waals surface area contributed by atoms with Crippen LogP contribution < -0.4 is 10.6 Å². The first-order valence-electron chi connectivity index (χ1n) is 15.0. The number of nitrogens with one attached hydrogen (secondary N) is 2. The van der Waals surface area contributed by atoms with Crippen LogP contribution in [0.4, 0.5) is 18.9 Å².